The number of ketones is 1. The van der Waals surface area contributed by atoms with E-state index in [0.717, 1.165) is 6.07 Å². The number of halogens is 2. The molecule has 0 aliphatic carbocycles. The van der Waals surface area contributed by atoms with Crippen LogP contribution in [0.15, 0.2) is 40.9 Å². The standard InChI is InChI=1S/C16H12BrFO5/c1-22-15-5-2-9(6-12(15)18)14(20)8-23-16(21)11-7-10(17)3-4-13(11)19/h2-7,19H,8H2,1H3. The third-order valence-corrected chi connectivity index (χ3v) is 3.48. The summed E-state index contributed by atoms with van der Waals surface area (Å²) >= 11 is 3.16. The van der Waals surface area contributed by atoms with E-state index in [4.69, 9.17) is 9.47 Å². The van der Waals surface area contributed by atoms with E-state index < -0.39 is 24.2 Å². The number of carbonyl (C=O) groups is 2. The molecule has 2 rings (SSSR count). The average molecular weight is 383 g/mol. The second kappa shape index (κ2) is 7.23. The summed E-state index contributed by atoms with van der Waals surface area (Å²) in [4.78, 5) is 23.8. The van der Waals surface area contributed by atoms with Gasteiger partial charge in [0, 0.05) is 10.0 Å². The molecule has 7 heteroatoms. The molecule has 0 saturated heterocycles. The maximum absolute atomic E-state index is 13.5. The molecule has 0 unspecified atom stereocenters. The minimum Gasteiger partial charge on any atom is -0.507 e. The highest BCUT2D eigenvalue weighted by Crippen LogP contribution is 2.23. The van der Waals surface area contributed by atoms with Gasteiger partial charge in [-0.2, -0.15) is 0 Å². The van der Waals surface area contributed by atoms with Gasteiger partial charge in [0.2, 0.25) is 0 Å². The van der Waals surface area contributed by atoms with Gasteiger partial charge in [-0.15, -0.1) is 0 Å². The normalized spacial score (nSPS) is 10.2. The van der Waals surface area contributed by atoms with E-state index in [1.807, 2.05) is 0 Å². The van der Waals surface area contributed by atoms with E-state index in [-0.39, 0.29) is 22.6 Å². The summed E-state index contributed by atoms with van der Waals surface area (Å²) < 4.78 is 23.7. The van der Waals surface area contributed by atoms with Crippen LogP contribution in [0, 0.1) is 5.82 Å². The fraction of sp³-hybridized carbons (Fsp3) is 0.125. The van der Waals surface area contributed by atoms with Gasteiger partial charge in [0.15, 0.2) is 24.0 Å². The first kappa shape index (κ1) is 17.0. The largest absolute Gasteiger partial charge is 0.507 e. The first-order chi connectivity index (χ1) is 10.9. The van der Waals surface area contributed by atoms with Gasteiger partial charge in [0.05, 0.1) is 7.11 Å². The Labute approximate surface area is 139 Å². The van der Waals surface area contributed by atoms with Crippen LogP contribution in [0.1, 0.15) is 20.7 Å². The van der Waals surface area contributed by atoms with Crippen LogP contribution in [0.4, 0.5) is 4.39 Å². The van der Waals surface area contributed by atoms with Crippen molar-refractivity contribution in [2.24, 2.45) is 0 Å². The smallest absolute Gasteiger partial charge is 0.342 e. The Hall–Kier alpha value is -2.41. The summed E-state index contributed by atoms with van der Waals surface area (Å²) in [5, 5.41) is 9.61. The molecule has 0 bridgehead atoms. The lowest BCUT2D eigenvalue weighted by molar-refractivity contribution is 0.0471. The number of esters is 1. The Morgan fingerprint density at radius 1 is 1.22 bits per heavy atom. The number of ether oxygens (including phenoxy) is 2. The molecule has 0 radical (unpaired) electrons. The Morgan fingerprint density at radius 3 is 2.61 bits per heavy atom. The molecule has 0 amide bonds. The SMILES string of the molecule is COc1ccc(C(=O)COC(=O)c2cc(Br)ccc2O)cc1F. The maximum Gasteiger partial charge on any atom is 0.342 e. The summed E-state index contributed by atoms with van der Waals surface area (Å²) in [5.74, 6) is -2.37. The molecule has 2 aromatic rings. The minimum absolute atomic E-state index is 0.0117. The molecule has 0 aliphatic heterocycles. The monoisotopic (exact) mass is 382 g/mol. The predicted molar refractivity (Wildman–Crippen MR) is 83.4 cm³/mol. The number of aromatic hydroxyl groups is 1. The number of methoxy groups -OCH3 is 1. The van der Waals surface area contributed by atoms with E-state index in [0.29, 0.717) is 4.47 Å². The Bertz CT molecular complexity index is 760. The summed E-state index contributed by atoms with van der Waals surface area (Å²) in [6.07, 6.45) is 0. The lowest BCUT2D eigenvalue weighted by Gasteiger charge is -2.07. The van der Waals surface area contributed by atoms with Gasteiger partial charge >= 0.3 is 5.97 Å². The zero-order valence-electron chi connectivity index (χ0n) is 12.0. The van der Waals surface area contributed by atoms with Crippen LogP contribution in [-0.4, -0.2) is 30.6 Å². The number of benzene rings is 2. The van der Waals surface area contributed by atoms with Crippen molar-refractivity contribution in [3.8, 4) is 11.5 Å². The highest BCUT2D eigenvalue weighted by atomic mass is 79.9. The molecule has 5 nitrogen and oxygen atoms in total. The van der Waals surface area contributed by atoms with E-state index in [9.17, 15) is 19.1 Å². The molecule has 0 fully saturated rings. The molecule has 0 aromatic heterocycles. The first-order valence-electron chi connectivity index (χ1n) is 6.44. The number of carbonyl (C=O) groups excluding carboxylic acids is 2. The summed E-state index contributed by atoms with van der Waals surface area (Å²) in [6, 6.07) is 7.93. The van der Waals surface area contributed by atoms with Crippen LogP contribution in [0.3, 0.4) is 0 Å². The average Bonchev–Trinajstić information content (AvgIpc) is 2.54. The Morgan fingerprint density at radius 2 is 1.96 bits per heavy atom. The third-order valence-electron chi connectivity index (χ3n) is 2.99. The van der Waals surface area contributed by atoms with Gasteiger partial charge < -0.3 is 14.6 Å². The topological polar surface area (TPSA) is 72.8 Å². The Balaban J connectivity index is 2.05. The van der Waals surface area contributed by atoms with Crippen LogP contribution in [-0.2, 0) is 4.74 Å². The van der Waals surface area contributed by atoms with Crippen molar-refractivity contribution in [2.75, 3.05) is 13.7 Å². The van der Waals surface area contributed by atoms with Crippen molar-refractivity contribution in [1.82, 2.24) is 0 Å². The summed E-state index contributed by atoms with van der Waals surface area (Å²) in [6.45, 7) is -0.573. The molecular formula is C16H12BrFO5. The molecule has 1 N–H and O–H groups in total. The van der Waals surface area contributed by atoms with Gasteiger partial charge in [0.1, 0.15) is 11.3 Å². The number of phenolic OH excluding ortho intramolecular Hbond substituents is 1. The quantitative estimate of drug-likeness (QED) is 0.634. The predicted octanol–water partition coefficient (Wildman–Crippen LogP) is 3.34. The Kier molecular flexibility index (Phi) is 5.33. The van der Waals surface area contributed by atoms with Crippen LogP contribution in [0.25, 0.3) is 0 Å². The summed E-state index contributed by atoms with van der Waals surface area (Å²) in [5.41, 5.74) is -0.0253. The minimum atomic E-state index is -0.855. The molecule has 0 saturated carbocycles. The molecular weight excluding hydrogens is 371 g/mol. The van der Waals surface area contributed by atoms with Crippen molar-refractivity contribution in [2.45, 2.75) is 0 Å². The molecule has 0 aliphatic rings. The first-order valence-corrected chi connectivity index (χ1v) is 7.24. The number of hydrogen-bond acceptors (Lipinski definition) is 5. The van der Waals surface area contributed by atoms with E-state index >= 15 is 0 Å². The van der Waals surface area contributed by atoms with E-state index in [1.54, 1.807) is 6.07 Å². The molecule has 0 atom stereocenters. The van der Waals surface area contributed by atoms with Gasteiger partial charge in [-0.1, -0.05) is 15.9 Å². The van der Waals surface area contributed by atoms with Crippen molar-refractivity contribution in [1.29, 1.82) is 0 Å². The van der Waals surface area contributed by atoms with Crippen molar-refractivity contribution in [3.05, 3.63) is 57.8 Å². The highest BCUT2D eigenvalue weighted by molar-refractivity contribution is 9.10. The van der Waals surface area contributed by atoms with Crippen LogP contribution < -0.4 is 4.74 Å². The van der Waals surface area contributed by atoms with Crippen molar-refractivity contribution in [3.63, 3.8) is 0 Å². The van der Waals surface area contributed by atoms with Crippen molar-refractivity contribution >= 4 is 27.7 Å². The van der Waals surface area contributed by atoms with Gasteiger partial charge in [-0.05, 0) is 36.4 Å². The lowest BCUT2D eigenvalue weighted by Crippen LogP contribution is -2.14. The molecule has 0 heterocycles. The molecule has 23 heavy (non-hydrogen) atoms. The lowest BCUT2D eigenvalue weighted by atomic mass is 10.1. The van der Waals surface area contributed by atoms with E-state index in [2.05, 4.69) is 15.9 Å². The number of hydrogen-bond donors (Lipinski definition) is 1. The second-order valence-electron chi connectivity index (χ2n) is 4.51. The van der Waals surface area contributed by atoms with Gasteiger partial charge in [-0.3, -0.25) is 4.79 Å². The molecule has 2 aromatic carbocycles. The van der Waals surface area contributed by atoms with Gasteiger partial charge in [0.25, 0.3) is 0 Å². The second-order valence-corrected chi connectivity index (χ2v) is 5.43. The van der Waals surface area contributed by atoms with Crippen LogP contribution >= 0.6 is 15.9 Å². The fourth-order valence-electron chi connectivity index (χ4n) is 1.80. The van der Waals surface area contributed by atoms with Crippen LogP contribution in [0.2, 0.25) is 0 Å². The molecule has 120 valence electrons. The third kappa shape index (κ3) is 4.07. The summed E-state index contributed by atoms with van der Waals surface area (Å²) in [7, 11) is 1.31. The fourth-order valence-corrected chi connectivity index (χ4v) is 2.16. The highest BCUT2D eigenvalue weighted by Gasteiger charge is 2.16. The van der Waals surface area contributed by atoms with Crippen molar-refractivity contribution < 1.29 is 28.6 Å². The van der Waals surface area contributed by atoms with Gasteiger partial charge in [-0.25, -0.2) is 9.18 Å². The number of Topliss-reactive ketones (excluding diaryl/α,β-unsaturated/α-hetero) is 1. The number of phenols is 1. The van der Waals surface area contributed by atoms with E-state index in [1.165, 1.54) is 31.4 Å². The number of rotatable bonds is 5. The zero-order valence-corrected chi connectivity index (χ0v) is 13.6. The molecule has 0 spiro atoms. The van der Waals surface area contributed by atoms with Crippen LogP contribution in [0.5, 0.6) is 11.5 Å². The zero-order chi connectivity index (χ0) is 17.0. The maximum atomic E-state index is 13.5.